The van der Waals surface area contributed by atoms with Crippen LogP contribution in [0.15, 0.2) is 42.5 Å². The highest BCUT2D eigenvalue weighted by molar-refractivity contribution is 5.79. The molecule has 0 atom stereocenters. The Labute approximate surface area is 142 Å². The molecule has 1 amide bonds. The molecule has 0 radical (unpaired) electrons. The highest BCUT2D eigenvalue weighted by Crippen LogP contribution is 2.18. The second-order valence-electron chi connectivity index (χ2n) is 6.44. The Hall–Kier alpha value is -2.36. The fourth-order valence-electron chi connectivity index (χ4n) is 3.07. The molecule has 2 aromatic rings. The van der Waals surface area contributed by atoms with E-state index in [2.05, 4.69) is 30.9 Å². The number of hydrogen-bond donors (Lipinski definition) is 0. The van der Waals surface area contributed by atoms with Gasteiger partial charge in [0.05, 0.1) is 6.42 Å². The first kappa shape index (κ1) is 16.5. The van der Waals surface area contributed by atoms with Crippen LogP contribution in [0.25, 0.3) is 0 Å². The van der Waals surface area contributed by atoms with Crippen molar-refractivity contribution in [1.29, 1.82) is 0 Å². The van der Waals surface area contributed by atoms with E-state index in [0.717, 1.165) is 24.3 Å². The molecule has 2 aromatic carbocycles. The van der Waals surface area contributed by atoms with Crippen LogP contribution in [0, 0.1) is 19.7 Å². The largest absolute Gasteiger partial charge is 0.368 e. The summed E-state index contributed by atoms with van der Waals surface area (Å²) in [5.41, 5.74) is 4.56. The molecule has 0 aliphatic carbocycles. The Morgan fingerprint density at radius 1 is 0.958 bits per heavy atom. The molecule has 1 saturated heterocycles. The first-order valence-electron chi connectivity index (χ1n) is 8.37. The number of halogens is 1. The van der Waals surface area contributed by atoms with Crippen molar-refractivity contribution < 1.29 is 9.18 Å². The van der Waals surface area contributed by atoms with Crippen LogP contribution >= 0.6 is 0 Å². The van der Waals surface area contributed by atoms with Crippen molar-refractivity contribution in [2.45, 2.75) is 20.3 Å². The normalized spacial score (nSPS) is 14.8. The highest BCUT2D eigenvalue weighted by atomic mass is 19.1. The van der Waals surface area contributed by atoms with E-state index in [4.69, 9.17) is 0 Å². The number of anilines is 1. The number of aryl methyl sites for hydroxylation is 2. The van der Waals surface area contributed by atoms with Crippen molar-refractivity contribution in [2.24, 2.45) is 0 Å². The zero-order valence-corrected chi connectivity index (χ0v) is 14.3. The lowest BCUT2D eigenvalue weighted by Gasteiger charge is -2.36. The number of nitrogens with zero attached hydrogens (tertiary/aromatic N) is 2. The summed E-state index contributed by atoms with van der Waals surface area (Å²) in [6.07, 6.45) is 0.456. The van der Waals surface area contributed by atoms with Gasteiger partial charge in [0, 0.05) is 31.9 Å². The molecule has 24 heavy (non-hydrogen) atoms. The number of carbonyl (C=O) groups is 1. The quantitative estimate of drug-likeness (QED) is 0.864. The van der Waals surface area contributed by atoms with Gasteiger partial charge in [-0.3, -0.25) is 4.79 Å². The molecule has 3 nitrogen and oxygen atoms in total. The van der Waals surface area contributed by atoms with Gasteiger partial charge < -0.3 is 9.80 Å². The minimum atomic E-state index is -0.221. The van der Waals surface area contributed by atoms with Crippen LogP contribution in [0.5, 0.6) is 0 Å². The predicted molar refractivity (Wildman–Crippen MR) is 94.8 cm³/mol. The number of amides is 1. The maximum absolute atomic E-state index is 13.0. The fourth-order valence-corrected chi connectivity index (χ4v) is 3.07. The van der Waals surface area contributed by atoms with Crippen LogP contribution in [0.3, 0.4) is 0 Å². The molecule has 1 aliphatic heterocycles. The second-order valence-corrected chi connectivity index (χ2v) is 6.44. The zero-order chi connectivity index (χ0) is 17.1. The minimum absolute atomic E-state index is 0.178. The van der Waals surface area contributed by atoms with E-state index in [0.29, 0.717) is 19.5 Å². The van der Waals surface area contributed by atoms with E-state index >= 15 is 0 Å². The number of rotatable bonds is 3. The third-order valence-electron chi connectivity index (χ3n) is 4.75. The third-order valence-corrected chi connectivity index (χ3v) is 4.75. The fraction of sp³-hybridized carbons (Fsp3) is 0.350. The highest BCUT2D eigenvalue weighted by Gasteiger charge is 2.21. The molecule has 1 fully saturated rings. The Kier molecular flexibility index (Phi) is 4.84. The molecule has 0 spiro atoms. The van der Waals surface area contributed by atoms with Crippen LogP contribution in [0.4, 0.5) is 10.1 Å². The van der Waals surface area contributed by atoms with Gasteiger partial charge in [0.15, 0.2) is 0 Å². The maximum atomic E-state index is 13.0. The molecule has 3 rings (SSSR count). The van der Waals surface area contributed by atoms with E-state index in [1.54, 1.807) is 12.1 Å². The standard InChI is InChI=1S/C20H23FN2O/c1-15-3-4-17(13-16(15)2)14-20(24)23-11-9-22(10-12-23)19-7-5-18(21)6-8-19/h3-8,13H,9-12,14H2,1-2H3. The van der Waals surface area contributed by atoms with Crippen LogP contribution < -0.4 is 4.90 Å². The average Bonchev–Trinajstić information content (AvgIpc) is 2.59. The van der Waals surface area contributed by atoms with Gasteiger partial charge in [-0.2, -0.15) is 0 Å². The molecule has 0 saturated carbocycles. The molecule has 0 N–H and O–H groups in total. The Bertz CT molecular complexity index is 719. The summed E-state index contributed by atoms with van der Waals surface area (Å²) in [5, 5.41) is 0. The molecule has 0 bridgehead atoms. The van der Waals surface area contributed by atoms with Crippen molar-refractivity contribution >= 4 is 11.6 Å². The Morgan fingerprint density at radius 2 is 1.62 bits per heavy atom. The molecule has 126 valence electrons. The summed E-state index contributed by atoms with van der Waals surface area (Å²) in [4.78, 5) is 16.6. The van der Waals surface area contributed by atoms with Gasteiger partial charge in [-0.25, -0.2) is 4.39 Å². The van der Waals surface area contributed by atoms with Crippen LogP contribution in [0.1, 0.15) is 16.7 Å². The van der Waals surface area contributed by atoms with Gasteiger partial charge in [-0.1, -0.05) is 18.2 Å². The molecule has 0 aromatic heterocycles. The van der Waals surface area contributed by atoms with E-state index in [1.165, 1.54) is 23.3 Å². The van der Waals surface area contributed by atoms with Crippen molar-refractivity contribution in [1.82, 2.24) is 4.90 Å². The number of benzene rings is 2. The van der Waals surface area contributed by atoms with Crippen molar-refractivity contribution in [3.63, 3.8) is 0 Å². The first-order valence-corrected chi connectivity index (χ1v) is 8.37. The van der Waals surface area contributed by atoms with Gasteiger partial charge >= 0.3 is 0 Å². The van der Waals surface area contributed by atoms with E-state index in [1.807, 2.05) is 11.0 Å². The lowest BCUT2D eigenvalue weighted by atomic mass is 10.0. The number of piperazine rings is 1. The summed E-state index contributed by atoms with van der Waals surface area (Å²) < 4.78 is 13.0. The molecule has 4 heteroatoms. The molecule has 1 aliphatic rings. The predicted octanol–water partition coefficient (Wildman–Crippen LogP) is 3.33. The Balaban J connectivity index is 1.56. The smallest absolute Gasteiger partial charge is 0.227 e. The summed E-state index contributed by atoms with van der Waals surface area (Å²) in [5.74, 6) is -0.0436. The van der Waals surface area contributed by atoms with Crippen molar-refractivity contribution in [3.05, 3.63) is 65.0 Å². The topological polar surface area (TPSA) is 23.6 Å². The van der Waals surface area contributed by atoms with Gasteiger partial charge in [0.1, 0.15) is 5.82 Å². The second kappa shape index (κ2) is 7.04. The van der Waals surface area contributed by atoms with E-state index < -0.39 is 0 Å². The lowest BCUT2D eigenvalue weighted by Crippen LogP contribution is -2.49. The molecular formula is C20H23FN2O. The molecule has 1 heterocycles. The molecule has 0 unspecified atom stereocenters. The van der Waals surface area contributed by atoms with Gasteiger partial charge in [0.2, 0.25) is 5.91 Å². The number of hydrogen-bond acceptors (Lipinski definition) is 2. The lowest BCUT2D eigenvalue weighted by molar-refractivity contribution is -0.130. The van der Waals surface area contributed by atoms with E-state index in [9.17, 15) is 9.18 Å². The summed E-state index contributed by atoms with van der Waals surface area (Å²) in [7, 11) is 0. The van der Waals surface area contributed by atoms with Gasteiger partial charge in [0.25, 0.3) is 0 Å². The third kappa shape index (κ3) is 3.75. The monoisotopic (exact) mass is 326 g/mol. The summed E-state index contributed by atoms with van der Waals surface area (Å²) in [6.45, 7) is 7.14. The zero-order valence-electron chi connectivity index (χ0n) is 14.3. The Morgan fingerprint density at radius 3 is 2.25 bits per heavy atom. The number of carbonyl (C=O) groups excluding carboxylic acids is 1. The molecular weight excluding hydrogens is 303 g/mol. The van der Waals surface area contributed by atoms with Crippen LogP contribution in [-0.2, 0) is 11.2 Å². The van der Waals surface area contributed by atoms with Crippen LogP contribution in [0.2, 0.25) is 0 Å². The minimum Gasteiger partial charge on any atom is -0.368 e. The maximum Gasteiger partial charge on any atom is 0.227 e. The summed E-state index contributed by atoms with van der Waals surface area (Å²) >= 11 is 0. The average molecular weight is 326 g/mol. The summed E-state index contributed by atoms with van der Waals surface area (Å²) in [6, 6.07) is 12.8. The SMILES string of the molecule is Cc1ccc(CC(=O)N2CCN(c3ccc(F)cc3)CC2)cc1C. The van der Waals surface area contributed by atoms with Crippen LogP contribution in [-0.4, -0.2) is 37.0 Å². The van der Waals surface area contributed by atoms with Gasteiger partial charge in [-0.05, 0) is 54.8 Å². The first-order chi connectivity index (χ1) is 11.5. The van der Waals surface area contributed by atoms with Gasteiger partial charge in [-0.15, -0.1) is 0 Å². The van der Waals surface area contributed by atoms with Crippen molar-refractivity contribution in [3.8, 4) is 0 Å². The van der Waals surface area contributed by atoms with E-state index in [-0.39, 0.29) is 11.7 Å². The van der Waals surface area contributed by atoms with Crippen molar-refractivity contribution in [2.75, 3.05) is 31.1 Å².